The molecule has 1 fully saturated rings. The molecule has 1 saturated carbocycles. The third-order valence-electron chi connectivity index (χ3n) is 4.62. The summed E-state index contributed by atoms with van der Waals surface area (Å²) in [7, 11) is 0. The van der Waals surface area contributed by atoms with Crippen LogP contribution in [0.4, 0.5) is 0 Å². The van der Waals surface area contributed by atoms with Crippen LogP contribution in [0.25, 0.3) is 0 Å². The maximum absolute atomic E-state index is 8.76. The molecule has 0 aromatic rings. The first-order valence-corrected chi connectivity index (χ1v) is 9.27. The molecule has 1 aliphatic carbocycles. The van der Waals surface area contributed by atoms with E-state index in [2.05, 4.69) is 5.32 Å². The Morgan fingerprint density at radius 2 is 1.15 bits per heavy atom. The van der Waals surface area contributed by atoms with Gasteiger partial charge in [0, 0.05) is 12.6 Å². The van der Waals surface area contributed by atoms with Gasteiger partial charge in [-0.3, -0.25) is 0 Å². The SMILES string of the molecule is OCCCCCCNC1CCCCCCCCCCC1. The van der Waals surface area contributed by atoms with Gasteiger partial charge >= 0.3 is 0 Å². The predicted molar refractivity (Wildman–Crippen MR) is 88.1 cm³/mol. The number of rotatable bonds is 7. The molecule has 0 amide bonds. The van der Waals surface area contributed by atoms with E-state index >= 15 is 0 Å². The molecule has 2 nitrogen and oxygen atoms in total. The van der Waals surface area contributed by atoms with Gasteiger partial charge in [0.05, 0.1) is 0 Å². The minimum Gasteiger partial charge on any atom is -0.396 e. The quantitative estimate of drug-likeness (QED) is 0.658. The lowest BCUT2D eigenvalue weighted by molar-refractivity contribution is 0.282. The highest BCUT2D eigenvalue weighted by Crippen LogP contribution is 2.17. The summed E-state index contributed by atoms with van der Waals surface area (Å²) in [5.74, 6) is 0. The number of nitrogens with one attached hydrogen (secondary N) is 1. The standard InChI is InChI=1S/C18H37NO/c20-17-13-9-8-12-16-19-18-14-10-6-4-2-1-3-5-7-11-15-18/h18-20H,1-17H2. The summed E-state index contributed by atoms with van der Waals surface area (Å²) in [6.07, 6.45) is 20.5. The van der Waals surface area contributed by atoms with Crippen LogP contribution in [-0.2, 0) is 0 Å². The summed E-state index contributed by atoms with van der Waals surface area (Å²) in [6.45, 7) is 1.53. The van der Waals surface area contributed by atoms with Crippen LogP contribution in [0.5, 0.6) is 0 Å². The van der Waals surface area contributed by atoms with Crippen molar-refractivity contribution in [3.63, 3.8) is 0 Å². The number of hydrogen-bond acceptors (Lipinski definition) is 2. The fourth-order valence-electron chi connectivity index (χ4n) is 3.26. The van der Waals surface area contributed by atoms with Crippen LogP contribution in [0.15, 0.2) is 0 Å². The van der Waals surface area contributed by atoms with Gasteiger partial charge in [-0.25, -0.2) is 0 Å². The second-order valence-electron chi connectivity index (χ2n) is 6.55. The van der Waals surface area contributed by atoms with Gasteiger partial charge in [-0.2, -0.15) is 0 Å². The monoisotopic (exact) mass is 283 g/mol. The third-order valence-corrected chi connectivity index (χ3v) is 4.62. The highest BCUT2D eigenvalue weighted by Gasteiger charge is 2.08. The van der Waals surface area contributed by atoms with Gasteiger partial charge in [0.25, 0.3) is 0 Å². The molecule has 20 heavy (non-hydrogen) atoms. The summed E-state index contributed by atoms with van der Waals surface area (Å²) in [5, 5.41) is 12.5. The molecule has 0 bridgehead atoms. The first kappa shape index (κ1) is 18.0. The van der Waals surface area contributed by atoms with Crippen molar-refractivity contribution >= 4 is 0 Å². The largest absolute Gasteiger partial charge is 0.396 e. The van der Waals surface area contributed by atoms with Gasteiger partial charge in [-0.1, -0.05) is 70.6 Å². The van der Waals surface area contributed by atoms with Crippen molar-refractivity contribution in [3.05, 3.63) is 0 Å². The third kappa shape index (κ3) is 10.7. The van der Waals surface area contributed by atoms with Gasteiger partial charge in [-0.05, 0) is 32.2 Å². The lowest BCUT2D eigenvalue weighted by Crippen LogP contribution is -2.30. The Morgan fingerprint density at radius 1 is 0.650 bits per heavy atom. The molecule has 0 atom stereocenters. The van der Waals surface area contributed by atoms with E-state index in [0.717, 1.165) is 12.5 Å². The summed E-state index contributed by atoms with van der Waals surface area (Å²) >= 11 is 0. The normalized spacial score (nSPS) is 20.2. The molecular formula is C18H37NO. The van der Waals surface area contributed by atoms with E-state index in [4.69, 9.17) is 5.11 Å². The Bertz CT molecular complexity index is 184. The van der Waals surface area contributed by atoms with E-state index in [1.165, 1.54) is 96.4 Å². The predicted octanol–water partition coefficient (Wildman–Crippen LogP) is 4.80. The minimum absolute atomic E-state index is 0.357. The van der Waals surface area contributed by atoms with E-state index in [-0.39, 0.29) is 0 Å². The maximum atomic E-state index is 8.76. The minimum atomic E-state index is 0.357. The molecule has 0 unspecified atom stereocenters. The average Bonchev–Trinajstić information content (AvgIpc) is 2.45. The van der Waals surface area contributed by atoms with E-state index in [0.29, 0.717) is 6.61 Å². The lowest BCUT2D eigenvalue weighted by Gasteiger charge is -2.19. The fourth-order valence-corrected chi connectivity index (χ4v) is 3.26. The van der Waals surface area contributed by atoms with Crippen LogP contribution in [0.3, 0.4) is 0 Å². The molecule has 0 saturated heterocycles. The van der Waals surface area contributed by atoms with Gasteiger partial charge < -0.3 is 10.4 Å². The molecule has 0 spiro atoms. The van der Waals surface area contributed by atoms with Crippen molar-refractivity contribution in [3.8, 4) is 0 Å². The van der Waals surface area contributed by atoms with Gasteiger partial charge in [0.1, 0.15) is 0 Å². The summed E-state index contributed by atoms with van der Waals surface area (Å²) in [4.78, 5) is 0. The van der Waals surface area contributed by atoms with Crippen molar-refractivity contribution in [2.24, 2.45) is 0 Å². The molecule has 0 heterocycles. The second kappa shape index (κ2) is 13.9. The van der Waals surface area contributed by atoms with Gasteiger partial charge in [-0.15, -0.1) is 0 Å². The Morgan fingerprint density at radius 3 is 1.70 bits per heavy atom. The van der Waals surface area contributed by atoms with Crippen molar-refractivity contribution in [2.75, 3.05) is 13.2 Å². The van der Waals surface area contributed by atoms with E-state index in [9.17, 15) is 0 Å². The molecule has 0 aromatic heterocycles. The van der Waals surface area contributed by atoms with Crippen molar-refractivity contribution in [2.45, 2.75) is 102 Å². The zero-order chi connectivity index (χ0) is 14.3. The van der Waals surface area contributed by atoms with Crippen molar-refractivity contribution in [1.82, 2.24) is 5.32 Å². The Labute approximate surface area is 126 Å². The first-order valence-electron chi connectivity index (χ1n) is 9.27. The van der Waals surface area contributed by atoms with Crippen LogP contribution in [0, 0.1) is 0 Å². The van der Waals surface area contributed by atoms with E-state index in [1.807, 2.05) is 0 Å². The molecule has 120 valence electrons. The molecule has 2 heteroatoms. The highest BCUT2D eigenvalue weighted by atomic mass is 16.2. The molecule has 0 aromatic carbocycles. The van der Waals surface area contributed by atoms with Crippen LogP contribution in [0.2, 0.25) is 0 Å². The number of unbranched alkanes of at least 4 members (excludes halogenated alkanes) is 3. The van der Waals surface area contributed by atoms with E-state index in [1.54, 1.807) is 0 Å². The Balaban J connectivity index is 2.08. The fraction of sp³-hybridized carbons (Fsp3) is 1.00. The van der Waals surface area contributed by atoms with Gasteiger partial charge in [0.2, 0.25) is 0 Å². The topological polar surface area (TPSA) is 32.3 Å². The number of hydrogen-bond donors (Lipinski definition) is 2. The molecule has 2 N–H and O–H groups in total. The zero-order valence-corrected chi connectivity index (χ0v) is 13.5. The van der Waals surface area contributed by atoms with Crippen LogP contribution in [-0.4, -0.2) is 24.3 Å². The highest BCUT2D eigenvalue weighted by molar-refractivity contribution is 4.68. The van der Waals surface area contributed by atoms with E-state index < -0.39 is 0 Å². The molecule has 1 rings (SSSR count). The molecule has 0 radical (unpaired) electrons. The van der Waals surface area contributed by atoms with Crippen LogP contribution in [0.1, 0.15) is 96.3 Å². The second-order valence-corrected chi connectivity index (χ2v) is 6.55. The average molecular weight is 284 g/mol. The summed E-state index contributed by atoms with van der Waals surface area (Å²) in [6, 6.07) is 0.771. The number of aliphatic hydroxyl groups excluding tert-OH is 1. The molecule has 0 aliphatic heterocycles. The maximum Gasteiger partial charge on any atom is 0.0431 e. The van der Waals surface area contributed by atoms with Crippen LogP contribution < -0.4 is 5.32 Å². The van der Waals surface area contributed by atoms with Crippen LogP contribution >= 0.6 is 0 Å². The van der Waals surface area contributed by atoms with Crippen molar-refractivity contribution in [1.29, 1.82) is 0 Å². The molecule has 1 aliphatic rings. The Hall–Kier alpha value is -0.0800. The zero-order valence-electron chi connectivity index (χ0n) is 13.5. The first-order chi connectivity index (χ1) is 9.93. The van der Waals surface area contributed by atoms with Crippen molar-refractivity contribution < 1.29 is 5.11 Å². The number of aliphatic hydroxyl groups is 1. The summed E-state index contributed by atoms with van der Waals surface area (Å²) < 4.78 is 0. The lowest BCUT2D eigenvalue weighted by atomic mass is 9.98. The summed E-state index contributed by atoms with van der Waals surface area (Å²) in [5.41, 5.74) is 0. The Kier molecular flexibility index (Phi) is 12.5. The molecular weight excluding hydrogens is 246 g/mol. The van der Waals surface area contributed by atoms with Gasteiger partial charge in [0.15, 0.2) is 0 Å². The smallest absolute Gasteiger partial charge is 0.0431 e.